The summed E-state index contributed by atoms with van der Waals surface area (Å²) in [6.45, 7) is 2.27. The van der Waals surface area contributed by atoms with E-state index in [0.29, 0.717) is 6.04 Å². The van der Waals surface area contributed by atoms with E-state index in [9.17, 15) is 4.79 Å². The van der Waals surface area contributed by atoms with Gasteiger partial charge in [-0.2, -0.15) is 0 Å². The second kappa shape index (κ2) is 4.17. The highest BCUT2D eigenvalue weighted by molar-refractivity contribution is 5.87. The Labute approximate surface area is 102 Å². The summed E-state index contributed by atoms with van der Waals surface area (Å²) < 4.78 is 0. The topological polar surface area (TPSA) is 29.1 Å². The quantitative estimate of drug-likeness (QED) is 0.830. The molecule has 0 heterocycles. The van der Waals surface area contributed by atoms with Crippen molar-refractivity contribution in [1.82, 2.24) is 5.32 Å². The first-order chi connectivity index (χ1) is 8.24. The maximum Gasteiger partial charge on any atom is 0.228 e. The normalized spacial score (nSPS) is 30.5. The van der Waals surface area contributed by atoms with Crippen LogP contribution in [0.3, 0.4) is 0 Å². The van der Waals surface area contributed by atoms with E-state index in [0.717, 1.165) is 25.2 Å². The van der Waals surface area contributed by atoms with Gasteiger partial charge in [-0.1, -0.05) is 31.2 Å². The number of benzene rings is 1. The highest BCUT2D eigenvalue weighted by Gasteiger charge is 2.33. The summed E-state index contributed by atoms with van der Waals surface area (Å²) >= 11 is 0. The van der Waals surface area contributed by atoms with E-state index in [1.54, 1.807) is 0 Å². The minimum Gasteiger partial charge on any atom is -0.353 e. The van der Waals surface area contributed by atoms with Crippen molar-refractivity contribution in [2.24, 2.45) is 5.92 Å². The van der Waals surface area contributed by atoms with Crippen LogP contribution < -0.4 is 5.32 Å². The Morgan fingerprint density at radius 2 is 2.12 bits per heavy atom. The van der Waals surface area contributed by atoms with Crippen molar-refractivity contribution >= 4 is 5.91 Å². The first-order valence-corrected chi connectivity index (χ1v) is 6.62. The van der Waals surface area contributed by atoms with Gasteiger partial charge in [0.2, 0.25) is 5.91 Å². The van der Waals surface area contributed by atoms with Crippen LogP contribution in [0.4, 0.5) is 0 Å². The van der Waals surface area contributed by atoms with Gasteiger partial charge in [-0.3, -0.25) is 4.79 Å². The number of amides is 1. The molecule has 0 bridgehead atoms. The van der Waals surface area contributed by atoms with Crippen molar-refractivity contribution in [2.45, 2.75) is 44.6 Å². The Bertz CT molecular complexity index is 440. The van der Waals surface area contributed by atoms with Gasteiger partial charge in [-0.25, -0.2) is 0 Å². The van der Waals surface area contributed by atoms with Gasteiger partial charge in [0.05, 0.1) is 5.92 Å². The van der Waals surface area contributed by atoms with Crippen LogP contribution in [0.5, 0.6) is 0 Å². The lowest BCUT2D eigenvalue weighted by atomic mass is 9.77. The fourth-order valence-electron chi connectivity index (χ4n) is 3.13. The average molecular weight is 229 g/mol. The molecule has 90 valence electrons. The van der Waals surface area contributed by atoms with Crippen LogP contribution in [0, 0.1) is 5.92 Å². The SMILES string of the molecule is CC1CCC(NC(=O)C2Cc3ccccc32)C1. The van der Waals surface area contributed by atoms with Crippen LogP contribution in [0.25, 0.3) is 0 Å². The molecule has 0 aromatic heterocycles. The molecule has 1 N–H and O–H groups in total. The van der Waals surface area contributed by atoms with Crippen LogP contribution in [0.15, 0.2) is 24.3 Å². The van der Waals surface area contributed by atoms with E-state index in [1.165, 1.54) is 17.5 Å². The molecule has 2 heteroatoms. The molecule has 1 aromatic carbocycles. The van der Waals surface area contributed by atoms with Gasteiger partial charge in [0.1, 0.15) is 0 Å². The molecule has 3 rings (SSSR count). The number of rotatable bonds is 2. The van der Waals surface area contributed by atoms with Crippen LogP contribution >= 0.6 is 0 Å². The standard InChI is InChI=1S/C15H19NO/c1-10-6-7-12(8-10)16-15(17)14-9-11-4-2-3-5-13(11)14/h2-5,10,12,14H,6-9H2,1H3,(H,16,17). The molecule has 2 aliphatic carbocycles. The minimum atomic E-state index is 0.113. The Morgan fingerprint density at radius 1 is 1.29 bits per heavy atom. The Balaban J connectivity index is 1.62. The highest BCUT2D eigenvalue weighted by atomic mass is 16.2. The van der Waals surface area contributed by atoms with E-state index in [-0.39, 0.29) is 11.8 Å². The van der Waals surface area contributed by atoms with Crippen molar-refractivity contribution < 1.29 is 4.79 Å². The smallest absolute Gasteiger partial charge is 0.228 e. The summed E-state index contributed by atoms with van der Waals surface area (Å²) in [5, 5.41) is 3.21. The second-order valence-electron chi connectivity index (χ2n) is 5.58. The van der Waals surface area contributed by atoms with Gasteiger partial charge < -0.3 is 5.32 Å². The number of hydrogen-bond acceptors (Lipinski definition) is 1. The third-order valence-corrected chi connectivity index (χ3v) is 4.21. The predicted molar refractivity (Wildman–Crippen MR) is 67.8 cm³/mol. The molecule has 3 unspecified atom stereocenters. The largest absolute Gasteiger partial charge is 0.353 e. The number of carbonyl (C=O) groups excluding carboxylic acids is 1. The lowest BCUT2D eigenvalue weighted by molar-refractivity contribution is -0.123. The van der Waals surface area contributed by atoms with Crippen LogP contribution in [-0.4, -0.2) is 11.9 Å². The zero-order valence-corrected chi connectivity index (χ0v) is 10.3. The summed E-state index contributed by atoms with van der Waals surface area (Å²) in [4.78, 5) is 12.1. The molecule has 0 aliphatic heterocycles. The summed E-state index contributed by atoms with van der Waals surface area (Å²) in [6.07, 6.45) is 4.48. The zero-order valence-electron chi connectivity index (χ0n) is 10.3. The Hall–Kier alpha value is -1.31. The van der Waals surface area contributed by atoms with Crippen LogP contribution in [0.1, 0.15) is 43.2 Å². The molecule has 1 saturated carbocycles. The summed E-state index contributed by atoms with van der Waals surface area (Å²) in [7, 11) is 0. The Kier molecular flexibility index (Phi) is 2.65. The molecule has 1 amide bonds. The molecule has 3 atom stereocenters. The van der Waals surface area contributed by atoms with Crippen LogP contribution in [0.2, 0.25) is 0 Å². The van der Waals surface area contributed by atoms with Gasteiger partial charge in [-0.05, 0) is 42.7 Å². The summed E-state index contributed by atoms with van der Waals surface area (Å²) in [6, 6.07) is 8.70. The first kappa shape index (κ1) is 10.8. The molecule has 1 aromatic rings. The average Bonchev–Trinajstić information content (AvgIpc) is 2.66. The van der Waals surface area contributed by atoms with E-state index >= 15 is 0 Å². The molecule has 1 fully saturated rings. The van der Waals surface area contributed by atoms with Crippen molar-refractivity contribution in [3.63, 3.8) is 0 Å². The van der Waals surface area contributed by atoms with Gasteiger partial charge in [0.25, 0.3) is 0 Å². The van der Waals surface area contributed by atoms with E-state index in [1.807, 2.05) is 12.1 Å². The van der Waals surface area contributed by atoms with E-state index in [2.05, 4.69) is 24.4 Å². The van der Waals surface area contributed by atoms with Gasteiger partial charge in [0, 0.05) is 6.04 Å². The van der Waals surface area contributed by atoms with Gasteiger partial charge in [-0.15, -0.1) is 0 Å². The predicted octanol–water partition coefficient (Wildman–Crippen LogP) is 2.63. The lowest BCUT2D eigenvalue weighted by Crippen LogP contribution is -2.40. The maximum absolute atomic E-state index is 12.1. The zero-order chi connectivity index (χ0) is 11.8. The fourth-order valence-corrected chi connectivity index (χ4v) is 3.13. The highest BCUT2D eigenvalue weighted by Crippen LogP contribution is 2.35. The molecular weight excluding hydrogens is 210 g/mol. The van der Waals surface area contributed by atoms with Crippen molar-refractivity contribution in [2.75, 3.05) is 0 Å². The van der Waals surface area contributed by atoms with Crippen LogP contribution in [-0.2, 0) is 11.2 Å². The summed E-state index contributed by atoms with van der Waals surface area (Å²) in [5.74, 6) is 1.12. The van der Waals surface area contributed by atoms with Gasteiger partial charge in [0.15, 0.2) is 0 Å². The van der Waals surface area contributed by atoms with Gasteiger partial charge >= 0.3 is 0 Å². The third kappa shape index (κ3) is 1.97. The number of nitrogens with one attached hydrogen (secondary N) is 1. The third-order valence-electron chi connectivity index (χ3n) is 4.21. The monoisotopic (exact) mass is 229 g/mol. The lowest BCUT2D eigenvalue weighted by Gasteiger charge is -2.30. The molecule has 0 saturated heterocycles. The van der Waals surface area contributed by atoms with E-state index in [4.69, 9.17) is 0 Å². The molecule has 0 radical (unpaired) electrons. The first-order valence-electron chi connectivity index (χ1n) is 6.62. The molecule has 0 spiro atoms. The second-order valence-corrected chi connectivity index (χ2v) is 5.58. The maximum atomic E-state index is 12.1. The molecular formula is C15H19NO. The minimum absolute atomic E-state index is 0.113. The molecule has 2 aliphatic rings. The molecule has 17 heavy (non-hydrogen) atoms. The number of carbonyl (C=O) groups is 1. The molecule has 2 nitrogen and oxygen atoms in total. The fraction of sp³-hybridized carbons (Fsp3) is 0.533. The summed E-state index contributed by atoms with van der Waals surface area (Å²) in [5.41, 5.74) is 2.57. The van der Waals surface area contributed by atoms with Crippen molar-refractivity contribution in [1.29, 1.82) is 0 Å². The van der Waals surface area contributed by atoms with E-state index < -0.39 is 0 Å². The van der Waals surface area contributed by atoms with Crippen molar-refractivity contribution in [3.05, 3.63) is 35.4 Å². The number of hydrogen-bond donors (Lipinski definition) is 1. The number of fused-ring (bicyclic) bond motifs is 1. The van der Waals surface area contributed by atoms with Crippen molar-refractivity contribution in [3.8, 4) is 0 Å². The Morgan fingerprint density at radius 3 is 2.82 bits per heavy atom.